The van der Waals surface area contributed by atoms with Crippen LogP contribution in [0.5, 0.6) is 0 Å². The van der Waals surface area contributed by atoms with Crippen LogP contribution in [0.3, 0.4) is 0 Å². The lowest BCUT2D eigenvalue weighted by Crippen LogP contribution is -2.24. The number of nitrogens with one attached hydrogen (secondary N) is 1. The van der Waals surface area contributed by atoms with Gasteiger partial charge in [-0.2, -0.15) is 0 Å². The third-order valence-corrected chi connectivity index (χ3v) is 2.80. The van der Waals surface area contributed by atoms with E-state index in [1.54, 1.807) is 0 Å². The van der Waals surface area contributed by atoms with Gasteiger partial charge in [0.05, 0.1) is 0 Å². The molecule has 0 aliphatic carbocycles. The van der Waals surface area contributed by atoms with Gasteiger partial charge in [-0.15, -0.1) is 0 Å². The zero-order valence-electron chi connectivity index (χ0n) is 13.2. The summed E-state index contributed by atoms with van der Waals surface area (Å²) in [6, 6.07) is 8.50. The molecule has 20 heavy (non-hydrogen) atoms. The van der Waals surface area contributed by atoms with Gasteiger partial charge < -0.3 is 10.1 Å². The van der Waals surface area contributed by atoms with Gasteiger partial charge in [-0.25, -0.2) is 0 Å². The highest BCUT2D eigenvalue weighted by Gasteiger charge is 2.15. The fourth-order valence-electron chi connectivity index (χ4n) is 1.94. The Labute approximate surface area is 122 Å². The summed E-state index contributed by atoms with van der Waals surface area (Å²) in [6.45, 7) is 8.64. The van der Waals surface area contributed by atoms with Crippen LogP contribution in [0.2, 0.25) is 0 Å². The molecule has 0 saturated heterocycles. The highest BCUT2D eigenvalue weighted by molar-refractivity contribution is 5.69. The van der Waals surface area contributed by atoms with Crippen LogP contribution in [0.4, 0.5) is 5.69 Å². The van der Waals surface area contributed by atoms with Crippen LogP contribution in [0, 0.1) is 0 Å². The van der Waals surface area contributed by atoms with Crippen molar-refractivity contribution >= 4 is 11.7 Å². The third-order valence-electron chi connectivity index (χ3n) is 2.80. The molecule has 0 aliphatic rings. The maximum absolute atomic E-state index is 11.5. The molecule has 0 radical (unpaired) electrons. The van der Waals surface area contributed by atoms with Gasteiger partial charge in [0.25, 0.3) is 0 Å². The molecule has 3 heteroatoms. The van der Waals surface area contributed by atoms with Crippen molar-refractivity contribution in [2.75, 3.05) is 11.9 Å². The zero-order chi connectivity index (χ0) is 15.0. The van der Waals surface area contributed by atoms with Gasteiger partial charge in [0.15, 0.2) is 0 Å². The van der Waals surface area contributed by atoms with Crippen LogP contribution < -0.4 is 5.32 Å². The second kappa shape index (κ2) is 7.93. The predicted octanol–water partition coefficient (Wildman–Crippen LogP) is 4.17. The topological polar surface area (TPSA) is 38.3 Å². The first-order valence-corrected chi connectivity index (χ1v) is 7.45. The third kappa shape index (κ3) is 7.17. The number of hydrogen-bond donors (Lipinski definition) is 1. The molecule has 1 aromatic carbocycles. The fraction of sp³-hybridized carbons (Fsp3) is 0.588. The number of carbonyl (C=O) groups excluding carboxylic acids is 1. The fourth-order valence-corrected chi connectivity index (χ4v) is 1.94. The summed E-state index contributed by atoms with van der Waals surface area (Å²) in [5.41, 5.74) is 2.08. The molecule has 0 aromatic heterocycles. The summed E-state index contributed by atoms with van der Waals surface area (Å²) in [7, 11) is 0. The Morgan fingerprint density at radius 1 is 1.20 bits per heavy atom. The minimum atomic E-state index is -0.389. The van der Waals surface area contributed by atoms with Crippen LogP contribution >= 0.6 is 0 Å². The van der Waals surface area contributed by atoms with Crippen molar-refractivity contribution in [2.45, 2.75) is 59.0 Å². The Morgan fingerprint density at radius 2 is 1.85 bits per heavy atom. The number of rotatable bonds is 7. The lowest BCUT2D eigenvalue weighted by atomic mass is 10.1. The van der Waals surface area contributed by atoms with Crippen molar-refractivity contribution in [2.24, 2.45) is 0 Å². The van der Waals surface area contributed by atoms with Crippen molar-refractivity contribution in [1.29, 1.82) is 0 Å². The zero-order valence-corrected chi connectivity index (χ0v) is 13.2. The maximum atomic E-state index is 11.5. The molecule has 1 rings (SSSR count). The summed E-state index contributed by atoms with van der Waals surface area (Å²) in [4.78, 5) is 11.5. The number of carbonyl (C=O) groups is 1. The Kier molecular flexibility index (Phi) is 6.56. The summed E-state index contributed by atoms with van der Waals surface area (Å²) < 4.78 is 5.27. The smallest absolute Gasteiger partial charge is 0.306 e. The number of hydrogen-bond acceptors (Lipinski definition) is 3. The molecule has 112 valence electrons. The number of benzene rings is 1. The van der Waals surface area contributed by atoms with E-state index >= 15 is 0 Å². The maximum Gasteiger partial charge on any atom is 0.306 e. The molecule has 0 saturated carbocycles. The summed E-state index contributed by atoms with van der Waals surface area (Å²) in [5.74, 6) is -0.127. The minimum absolute atomic E-state index is 0.127. The first-order valence-electron chi connectivity index (χ1n) is 7.45. The van der Waals surface area contributed by atoms with Gasteiger partial charge in [0.1, 0.15) is 5.60 Å². The second-order valence-electron chi connectivity index (χ2n) is 6.06. The van der Waals surface area contributed by atoms with E-state index in [1.807, 2.05) is 20.8 Å². The van der Waals surface area contributed by atoms with Gasteiger partial charge in [0.2, 0.25) is 0 Å². The van der Waals surface area contributed by atoms with Gasteiger partial charge in [-0.1, -0.05) is 25.5 Å². The molecule has 0 spiro atoms. The van der Waals surface area contributed by atoms with Crippen molar-refractivity contribution in [1.82, 2.24) is 0 Å². The van der Waals surface area contributed by atoms with E-state index in [0.29, 0.717) is 6.42 Å². The number of aryl methyl sites for hydroxylation is 1. The first-order chi connectivity index (χ1) is 9.40. The number of ether oxygens (including phenoxy) is 1. The molecule has 0 heterocycles. The average Bonchev–Trinajstić information content (AvgIpc) is 2.35. The first kappa shape index (κ1) is 16.5. The van der Waals surface area contributed by atoms with Crippen LogP contribution in [0.1, 0.15) is 52.5 Å². The van der Waals surface area contributed by atoms with Gasteiger partial charge in [-0.05, 0) is 51.3 Å². The minimum Gasteiger partial charge on any atom is -0.460 e. The van der Waals surface area contributed by atoms with E-state index in [2.05, 4.69) is 36.5 Å². The van der Waals surface area contributed by atoms with E-state index in [-0.39, 0.29) is 11.6 Å². The molecule has 0 atom stereocenters. The second-order valence-corrected chi connectivity index (χ2v) is 6.06. The van der Waals surface area contributed by atoms with Crippen molar-refractivity contribution in [3.8, 4) is 0 Å². The molecular formula is C17H27NO2. The van der Waals surface area contributed by atoms with E-state index in [9.17, 15) is 4.79 Å². The Bertz CT molecular complexity index is 404. The molecule has 0 aliphatic heterocycles. The van der Waals surface area contributed by atoms with Crippen molar-refractivity contribution in [3.63, 3.8) is 0 Å². The monoisotopic (exact) mass is 277 g/mol. The quantitative estimate of drug-likeness (QED) is 0.600. The Hall–Kier alpha value is -1.51. The van der Waals surface area contributed by atoms with Crippen LogP contribution in [-0.4, -0.2) is 18.1 Å². The van der Waals surface area contributed by atoms with E-state index in [0.717, 1.165) is 25.1 Å². The number of anilines is 1. The van der Waals surface area contributed by atoms with Crippen molar-refractivity contribution < 1.29 is 9.53 Å². The largest absolute Gasteiger partial charge is 0.460 e. The van der Waals surface area contributed by atoms with Gasteiger partial charge >= 0.3 is 5.97 Å². The summed E-state index contributed by atoms with van der Waals surface area (Å²) >= 11 is 0. The molecule has 0 fully saturated rings. The lowest BCUT2D eigenvalue weighted by molar-refractivity contribution is -0.154. The summed E-state index contributed by atoms with van der Waals surface area (Å²) in [6.07, 6.45) is 3.53. The average molecular weight is 277 g/mol. The van der Waals surface area contributed by atoms with Crippen LogP contribution in [-0.2, 0) is 16.0 Å². The number of esters is 1. The van der Waals surface area contributed by atoms with Crippen molar-refractivity contribution in [3.05, 3.63) is 29.8 Å². The SMILES string of the molecule is CCCc1ccc(NCCCC(=O)OC(C)(C)C)cc1. The highest BCUT2D eigenvalue weighted by atomic mass is 16.6. The molecule has 3 nitrogen and oxygen atoms in total. The standard InChI is InChI=1S/C17H27NO2/c1-5-7-14-9-11-15(12-10-14)18-13-6-8-16(19)20-17(2,3)4/h9-12,18H,5-8,13H2,1-4H3. The highest BCUT2D eigenvalue weighted by Crippen LogP contribution is 2.12. The summed E-state index contributed by atoms with van der Waals surface area (Å²) in [5, 5.41) is 3.32. The van der Waals surface area contributed by atoms with Gasteiger partial charge in [0, 0.05) is 18.7 Å². The molecule has 0 amide bonds. The predicted molar refractivity (Wildman–Crippen MR) is 84.0 cm³/mol. The Balaban J connectivity index is 2.22. The van der Waals surface area contributed by atoms with Gasteiger partial charge in [-0.3, -0.25) is 4.79 Å². The molecule has 1 N–H and O–H groups in total. The van der Waals surface area contributed by atoms with Crippen LogP contribution in [0.15, 0.2) is 24.3 Å². The molecular weight excluding hydrogens is 250 g/mol. The van der Waals surface area contributed by atoms with Crippen LogP contribution in [0.25, 0.3) is 0 Å². The van der Waals surface area contributed by atoms with E-state index < -0.39 is 0 Å². The molecule has 1 aromatic rings. The van der Waals surface area contributed by atoms with E-state index in [1.165, 1.54) is 12.0 Å². The normalized spacial score (nSPS) is 11.2. The molecule has 0 bridgehead atoms. The molecule has 0 unspecified atom stereocenters. The lowest BCUT2D eigenvalue weighted by Gasteiger charge is -2.19. The Morgan fingerprint density at radius 3 is 2.40 bits per heavy atom. The van der Waals surface area contributed by atoms with E-state index in [4.69, 9.17) is 4.74 Å².